The van der Waals surface area contributed by atoms with Crippen LogP contribution in [0.2, 0.25) is 0 Å². The minimum absolute atomic E-state index is 0.0296. The molecule has 0 aliphatic carbocycles. The van der Waals surface area contributed by atoms with Gasteiger partial charge in [-0.2, -0.15) is 0 Å². The van der Waals surface area contributed by atoms with E-state index < -0.39 is 0 Å². The Morgan fingerprint density at radius 2 is 2.11 bits per heavy atom. The van der Waals surface area contributed by atoms with E-state index in [1.807, 2.05) is 31.2 Å². The summed E-state index contributed by atoms with van der Waals surface area (Å²) >= 11 is 0. The molecule has 0 bridgehead atoms. The first-order chi connectivity index (χ1) is 8.70. The molecule has 0 saturated carbocycles. The molecule has 0 aliphatic rings. The highest BCUT2D eigenvalue weighted by Crippen LogP contribution is 2.17. The van der Waals surface area contributed by atoms with Gasteiger partial charge in [0.25, 0.3) is 0 Å². The zero-order valence-corrected chi connectivity index (χ0v) is 10.5. The topological polar surface area (TPSA) is 39.2 Å². The van der Waals surface area contributed by atoms with Crippen molar-refractivity contribution in [3.05, 3.63) is 59.4 Å². The van der Waals surface area contributed by atoms with Gasteiger partial charge in [-0.1, -0.05) is 29.8 Å². The molecule has 1 heterocycles. The Balaban J connectivity index is 2.22. The Morgan fingerprint density at radius 1 is 1.28 bits per heavy atom. The second kappa shape index (κ2) is 5.45. The Kier molecular flexibility index (Phi) is 3.72. The number of hydrogen-bond donors (Lipinski definition) is 0. The van der Waals surface area contributed by atoms with Gasteiger partial charge in [-0.15, -0.1) is 0 Å². The lowest BCUT2D eigenvalue weighted by Crippen LogP contribution is -2.08. The Morgan fingerprint density at radius 3 is 2.83 bits per heavy atom. The lowest BCUT2D eigenvalue weighted by molar-refractivity contribution is 0.0985. The predicted molar refractivity (Wildman–Crippen MR) is 70.0 cm³/mol. The number of rotatable bonds is 4. The van der Waals surface area contributed by atoms with Crippen molar-refractivity contribution in [3.63, 3.8) is 0 Å². The predicted octanol–water partition coefficient (Wildman–Crippen LogP) is 2.82. The van der Waals surface area contributed by atoms with E-state index in [4.69, 9.17) is 4.74 Å². The van der Waals surface area contributed by atoms with Gasteiger partial charge in [0.15, 0.2) is 5.78 Å². The molecular weight excluding hydrogens is 226 g/mol. The zero-order chi connectivity index (χ0) is 13.0. The van der Waals surface area contributed by atoms with Gasteiger partial charge in [0.2, 0.25) is 0 Å². The fourth-order valence-electron chi connectivity index (χ4n) is 1.86. The lowest BCUT2D eigenvalue weighted by atomic mass is 10.0. The van der Waals surface area contributed by atoms with Crippen LogP contribution in [0.4, 0.5) is 0 Å². The minimum Gasteiger partial charge on any atom is -0.494 e. The van der Waals surface area contributed by atoms with Crippen molar-refractivity contribution < 1.29 is 9.53 Å². The molecule has 2 rings (SSSR count). The van der Waals surface area contributed by atoms with Crippen LogP contribution in [0.15, 0.2) is 42.6 Å². The largest absolute Gasteiger partial charge is 0.494 e. The van der Waals surface area contributed by atoms with Gasteiger partial charge < -0.3 is 4.74 Å². The van der Waals surface area contributed by atoms with Crippen LogP contribution in [-0.4, -0.2) is 17.9 Å². The molecule has 1 aromatic heterocycles. The third kappa shape index (κ3) is 2.74. The summed E-state index contributed by atoms with van der Waals surface area (Å²) in [5, 5.41) is 0. The summed E-state index contributed by atoms with van der Waals surface area (Å²) < 4.78 is 5.14. The van der Waals surface area contributed by atoms with Crippen LogP contribution in [0.5, 0.6) is 5.75 Å². The third-order valence-corrected chi connectivity index (χ3v) is 2.70. The lowest BCUT2D eigenvalue weighted by Gasteiger charge is -2.06. The molecule has 3 nitrogen and oxygen atoms in total. The molecule has 0 radical (unpaired) electrons. The van der Waals surface area contributed by atoms with Crippen molar-refractivity contribution in [2.75, 3.05) is 7.11 Å². The fraction of sp³-hybridized carbons (Fsp3) is 0.200. The number of Topliss-reactive ketones (excluding diaryl/α,β-unsaturated/α-hetero) is 1. The summed E-state index contributed by atoms with van der Waals surface area (Å²) in [5.41, 5.74) is 2.53. The van der Waals surface area contributed by atoms with E-state index in [0.29, 0.717) is 17.9 Å². The Bertz CT molecular complexity index is 564. The molecule has 0 saturated heterocycles. The summed E-state index contributed by atoms with van der Waals surface area (Å²) in [5.74, 6) is 0.494. The number of hydrogen-bond acceptors (Lipinski definition) is 3. The number of nitrogens with zero attached hydrogens (tertiary/aromatic N) is 1. The van der Waals surface area contributed by atoms with E-state index >= 15 is 0 Å². The number of carbonyl (C=O) groups is 1. The van der Waals surface area contributed by atoms with Crippen LogP contribution in [0.3, 0.4) is 0 Å². The number of carbonyl (C=O) groups excluding carboxylic acids is 1. The first-order valence-corrected chi connectivity index (χ1v) is 5.78. The average Bonchev–Trinajstić information content (AvgIpc) is 2.38. The molecule has 0 N–H and O–H groups in total. The highest BCUT2D eigenvalue weighted by Gasteiger charge is 2.13. The first-order valence-electron chi connectivity index (χ1n) is 5.78. The molecule has 0 atom stereocenters. The number of ether oxygens (including phenoxy) is 1. The van der Waals surface area contributed by atoms with E-state index in [0.717, 1.165) is 11.1 Å². The van der Waals surface area contributed by atoms with E-state index in [9.17, 15) is 4.79 Å². The first kappa shape index (κ1) is 12.3. The zero-order valence-electron chi connectivity index (χ0n) is 10.5. The van der Waals surface area contributed by atoms with Gasteiger partial charge in [0.05, 0.1) is 7.11 Å². The van der Waals surface area contributed by atoms with E-state index in [1.165, 1.54) is 0 Å². The van der Waals surface area contributed by atoms with Crippen LogP contribution in [-0.2, 0) is 6.42 Å². The molecular formula is C15H15NO2. The van der Waals surface area contributed by atoms with E-state index in [-0.39, 0.29) is 5.78 Å². The molecule has 92 valence electrons. The van der Waals surface area contributed by atoms with Gasteiger partial charge in [0, 0.05) is 12.6 Å². The molecule has 0 fully saturated rings. The maximum Gasteiger partial charge on any atom is 0.189 e. The standard InChI is InChI=1S/C15H15NO2/c1-11-5-3-6-12(9-11)10-13(17)15-14(18-2)7-4-8-16-15/h3-9H,10H2,1-2H3. The number of aromatic nitrogens is 1. The summed E-state index contributed by atoms with van der Waals surface area (Å²) in [7, 11) is 1.54. The molecule has 1 aromatic carbocycles. The smallest absolute Gasteiger partial charge is 0.189 e. The minimum atomic E-state index is -0.0296. The van der Waals surface area contributed by atoms with Crippen LogP contribution >= 0.6 is 0 Å². The summed E-state index contributed by atoms with van der Waals surface area (Å²) in [6.07, 6.45) is 1.95. The number of methoxy groups -OCH3 is 1. The number of pyridine rings is 1. The summed E-state index contributed by atoms with van der Waals surface area (Å²) in [6, 6.07) is 11.4. The van der Waals surface area contributed by atoms with E-state index in [2.05, 4.69) is 4.98 Å². The van der Waals surface area contributed by atoms with Gasteiger partial charge >= 0.3 is 0 Å². The van der Waals surface area contributed by atoms with E-state index in [1.54, 1.807) is 25.4 Å². The maximum absolute atomic E-state index is 12.2. The number of aryl methyl sites for hydroxylation is 1. The quantitative estimate of drug-likeness (QED) is 0.773. The van der Waals surface area contributed by atoms with Crippen molar-refractivity contribution in [1.29, 1.82) is 0 Å². The van der Waals surface area contributed by atoms with Crippen LogP contribution in [0.1, 0.15) is 21.6 Å². The molecule has 0 unspecified atom stereocenters. The monoisotopic (exact) mass is 241 g/mol. The molecule has 2 aromatic rings. The molecule has 3 heteroatoms. The van der Waals surface area contributed by atoms with Gasteiger partial charge in [-0.25, -0.2) is 4.98 Å². The van der Waals surface area contributed by atoms with Crippen LogP contribution < -0.4 is 4.74 Å². The fourth-order valence-corrected chi connectivity index (χ4v) is 1.86. The number of ketones is 1. The van der Waals surface area contributed by atoms with Crippen molar-refractivity contribution in [2.24, 2.45) is 0 Å². The number of benzene rings is 1. The van der Waals surface area contributed by atoms with Crippen molar-refractivity contribution >= 4 is 5.78 Å². The van der Waals surface area contributed by atoms with Crippen molar-refractivity contribution in [2.45, 2.75) is 13.3 Å². The molecule has 18 heavy (non-hydrogen) atoms. The second-order valence-electron chi connectivity index (χ2n) is 4.14. The maximum atomic E-state index is 12.2. The van der Waals surface area contributed by atoms with Crippen LogP contribution in [0, 0.1) is 6.92 Å². The highest BCUT2D eigenvalue weighted by molar-refractivity contribution is 5.98. The van der Waals surface area contributed by atoms with Gasteiger partial charge in [-0.05, 0) is 24.6 Å². The molecule has 0 spiro atoms. The summed E-state index contributed by atoms with van der Waals surface area (Å²) in [4.78, 5) is 16.3. The Hall–Kier alpha value is -2.16. The van der Waals surface area contributed by atoms with Crippen molar-refractivity contribution in [3.8, 4) is 5.75 Å². The summed E-state index contributed by atoms with van der Waals surface area (Å²) in [6.45, 7) is 2.01. The normalized spacial score (nSPS) is 10.1. The van der Waals surface area contributed by atoms with Gasteiger partial charge in [0.1, 0.15) is 11.4 Å². The highest BCUT2D eigenvalue weighted by atomic mass is 16.5. The van der Waals surface area contributed by atoms with Crippen molar-refractivity contribution in [1.82, 2.24) is 4.98 Å². The second-order valence-corrected chi connectivity index (χ2v) is 4.14. The molecule has 0 aliphatic heterocycles. The van der Waals surface area contributed by atoms with Gasteiger partial charge in [-0.3, -0.25) is 4.79 Å². The average molecular weight is 241 g/mol. The third-order valence-electron chi connectivity index (χ3n) is 2.70. The Labute approximate surface area is 106 Å². The molecule has 0 amide bonds. The SMILES string of the molecule is COc1cccnc1C(=O)Cc1cccc(C)c1. The van der Waals surface area contributed by atoms with Crippen LogP contribution in [0.25, 0.3) is 0 Å².